The van der Waals surface area contributed by atoms with Gasteiger partial charge < -0.3 is 0 Å². The number of ketones is 1. The molecule has 0 spiro atoms. The molecule has 0 saturated carbocycles. The maximum absolute atomic E-state index is 11.8. The van der Waals surface area contributed by atoms with Gasteiger partial charge in [-0.05, 0) is 67.6 Å². The lowest BCUT2D eigenvalue weighted by molar-refractivity contribution is 0.101. The number of hydrogen-bond donors (Lipinski definition) is 0. The molecule has 2 aromatic carbocycles. The zero-order valence-electron chi connectivity index (χ0n) is 11.3. The van der Waals surface area contributed by atoms with Gasteiger partial charge in [0.25, 0.3) is 0 Å². The van der Waals surface area contributed by atoms with Crippen LogP contribution in [0.25, 0.3) is 0 Å². The van der Waals surface area contributed by atoms with Gasteiger partial charge in [-0.15, -0.1) is 0 Å². The van der Waals surface area contributed by atoms with Crippen LogP contribution in [0, 0.1) is 0 Å². The van der Waals surface area contributed by atoms with E-state index >= 15 is 0 Å². The predicted molar refractivity (Wildman–Crippen MR) is 86.7 cm³/mol. The summed E-state index contributed by atoms with van der Waals surface area (Å²) in [6.45, 7) is 1.62. The molecule has 0 N–H and O–H groups in total. The van der Waals surface area contributed by atoms with Gasteiger partial charge in [0, 0.05) is 19.8 Å². The molecule has 2 aromatic rings. The standard InChI is InChI=1S/C17H15BrOS/c1-11(19)16-10-14(18)6-8-17(16)20-15-7-5-12-3-2-4-13(12)9-15/h5-10H,2-4H2,1H3. The van der Waals surface area contributed by atoms with Crippen LogP contribution in [0.15, 0.2) is 50.7 Å². The van der Waals surface area contributed by atoms with E-state index in [4.69, 9.17) is 0 Å². The number of benzene rings is 2. The minimum atomic E-state index is 0.106. The van der Waals surface area contributed by atoms with Gasteiger partial charge in [-0.25, -0.2) is 0 Å². The number of carbonyl (C=O) groups is 1. The molecule has 0 heterocycles. The third-order valence-corrected chi connectivity index (χ3v) is 5.18. The molecule has 20 heavy (non-hydrogen) atoms. The molecule has 0 fully saturated rings. The summed E-state index contributed by atoms with van der Waals surface area (Å²) in [4.78, 5) is 14.0. The second-order valence-corrected chi connectivity index (χ2v) is 7.11. The summed E-state index contributed by atoms with van der Waals surface area (Å²) in [5, 5.41) is 0. The van der Waals surface area contributed by atoms with E-state index in [2.05, 4.69) is 34.1 Å². The summed E-state index contributed by atoms with van der Waals surface area (Å²) in [5.41, 5.74) is 3.73. The second kappa shape index (κ2) is 5.74. The Hall–Kier alpha value is -1.06. The van der Waals surface area contributed by atoms with Crippen LogP contribution in [0.5, 0.6) is 0 Å². The lowest BCUT2D eigenvalue weighted by Gasteiger charge is -2.09. The first-order chi connectivity index (χ1) is 9.63. The van der Waals surface area contributed by atoms with Crippen molar-refractivity contribution in [2.45, 2.75) is 36.0 Å². The van der Waals surface area contributed by atoms with Crippen LogP contribution in [0.4, 0.5) is 0 Å². The fourth-order valence-corrected chi connectivity index (χ4v) is 4.01. The highest BCUT2D eigenvalue weighted by molar-refractivity contribution is 9.10. The normalized spacial score (nSPS) is 13.3. The summed E-state index contributed by atoms with van der Waals surface area (Å²) in [7, 11) is 0. The fraction of sp³-hybridized carbons (Fsp3) is 0.235. The van der Waals surface area contributed by atoms with E-state index in [0.717, 1.165) is 14.9 Å². The quantitative estimate of drug-likeness (QED) is 0.702. The zero-order valence-corrected chi connectivity index (χ0v) is 13.7. The number of fused-ring (bicyclic) bond motifs is 1. The van der Waals surface area contributed by atoms with E-state index in [1.807, 2.05) is 18.2 Å². The number of Topliss-reactive ketones (excluding diaryl/α,β-unsaturated/α-hetero) is 1. The van der Waals surface area contributed by atoms with Crippen molar-refractivity contribution in [2.75, 3.05) is 0 Å². The molecule has 3 rings (SSSR count). The molecule has 0 radical (unpaired) electrons. The molecule has 0 bridgehead atoms. The molecule has 102 valence electrons. The molecule has 1 aliphatic carbocycles. The smallest absolute Gasteiger partial charge is 0.160 e. The van der Waals surface area contributed by atoms with Crippen LogP contribution in [0.1, 0.15) is 34.8 Å². The predicted octanol–water partition coefficient (Wildman–Crippen LogP) is 5.29. The Morgan fingerprint density at radius 1 is 1.10 bits per heavy atom. The van der Waals surface area contributed by atoms with Gasteiger partial charge in [0.15, 0.2) is 5.78 Å². The highest BCUT2D eigenvalue weighted by Crippen LogP contribution is 2.35. The molecule has 0 atom stereocenters. The van der Waals surface area contributed by atoms with E-state index < -0.39 is 0 Å². The highest BCUT2D eigenvalue weighted by atomic mass is 79.9. The number of carbonyl (C=O) groups excluding carboxylic acids is 1. The Kier molecular flexibility index (Phi) is 3.99. The van der Waals surface area contributed by atoms with Crippen LogP contribution in [-0.2, 0) is 12.8 Å². The van der Waals surface area contributed by atoms with E-state index in [9.17, 15) is 4.79 Å². The Morgan fingerprint density at radius 2 is 1.90 bits per heavy atom. The lowest BCUT2D eigenvalue weighted by atomic mass is 10.1. The molecule has 0 saturated heterocycles. The molecule has 0 aliphatic heterocycles. The molecule has 3 heteroatoms. The van der Waals surface area contributed by atoms with Crippen molar-refractivity contribution >= 4 is 33.5 Å². The van der Waals surface area contributed by atoms with Gasteiger partial charge in [-0.1, -0.05) is 33.8 Å². The average molecular weight is 347 g/mol. The highest BCUT2D eigenvalue weighted by Gasteiger charge is 2.13. The van der Waals surface area contributed by atoms with Gasteiger partial charge in [0.1, 0.15) is 0 Å². The van der Waals surface area contributed by atoms with Gasteiger partial charge in [-0.2, -0.15) is 0 Å². The van der Waals surface area contributed by atoms with E-state index in [0.29, 0.717) is 0 Å². The van der Waals surface area contributed by atoms with Crippen molar-refractivity contribution in [3.05, 3.63) is 57.6 Å². The molecular weight excluding hydrogens is 332 g/mol. The van der Waals surface area contributed by atoms with Gasteiger partial charge in [0.05, 0.1) is 0 Å². The van der Waals surface area contributed by atoms with Crippen molar-refractivity contribution in [2.24, 2.45) is 0 Å². The van der Waals surface area contributed by atoms with E-state index in [1.165, 1.54) is 35.3 Å². The summed E-state index contributed by atoms with van der Waals surface area (Å²) in [5.74, 6) is 0.106. The number of halogens is 1. The number of rotatable bonds is 3. The van der Waals surface area contributed by atoms with Crippen molar-refractivity contribution < 1.29 is 4.79 Å². The average Bonchev–Trinajstić information content (AvgIpc) is 2.88. The minimum absolute atomic E-state index is 0.106. The molecule has 1 nitrogen and oxygen atoms in total. The van der Waals surface area contributed by atoms with Crippen molar-refractivity contribution in [1.82, 2.24) is 0 Å². The first kappa shape index (κ1) is 13.9. The van der Waals surface area contributed by atoms with Gasteiger partial charge in [-0.3, -0.25) is 4.79 Å². The van der Waals surface area contributed by atoms with Crippen molar-refractivity contribution in [1.29, 1.82) is 0 Å². The second-order valence-electron chi connectivity index (χ2n) is 5.08. The van der Waals surface area contributed by atoms with Crippen LogP contribution in [0.2, 0.25) is 0 Å². The third kappa shape index (κ3) is 2.84. The minimum Gasteiger partial charge on any atom is -0.294 e. The molecule has 1 aliphatic rings. The largest absolute Gasteiger partial charge is 0.294 e. The summed E-state index contributed by atoms with van der Waals surface area (Å²) < 4.78 is 0.945. The summed E-state index contributed by atoms with van der Waals surface area (Å²) in [6.07, 6.45) is 3.65. The van der Waals surface area contributed by atoms with Crippen LogP contribution >= 0.6 is 27.7 Å². The van der Waals surface area contributed by atoms with Crippen LogP contribution in [-0.4, -0.2) is 5.78 Å². The number of hydrogen-bond acceptors (Lipinski definition) is 2. The SMILES string of the molecule is CC(=O)c1cc(Br)ccc1Sc1ccc2c(c1)CCC2. The van der Waals surface area contributed by atoms with Crippen LogP contribution < -0.4 is 0 Å². The maximum atomic E-state index is 11.8. The lowest BCUT2D eigenvalue weighted by Crippen LogP contribution is -1.95. The third-order valence-electron chi connectivity index (χ3n) is 3.62. The van der Waals surface area contributed by atoms with E-state index in [-0.39, 0.29) is 5.78 Å². The molecule has 0 aromatic heterocycles. The monoisotopic (exact) mass is 346 g/mol. The van der Waals surface area contributed by atoms with E-state index in [1.54, 1.807) is 18.7 Å². The van der Waals surface area contributed by atoms with Crippen molar-refractivity contribution in [3.63, 3.8) is 0 Å². The Bertz CT molecular complexity index is 679. The molecule has 0 amide bonds. The van der Waals surface area contributed by atoms with Crippen LogP contribution in [0.3, 0.4) is 0 Å². The zero-order chi connectivity index (χ0) is 14.1. The summed E-state index contributed by atoms with van der Waals surface area (Å²) in [6, 6.07) is 12.6. The topological polar surface area (TPSA) is 17.1 Å². The van der Waals surface area contributed by atoms with Gasteiger partial charge in [0.2, 0.25) is 0 Å². The Morgan fingerprint density at radius 3 is 2.70 bits per heavy atom. The first-order valence-corrected chi connectivity index (χ1v) is 8.34. The Balaban J connectivity index is 1.93. The maximum Gasteiger partial charge on any atom is 0.160 e. The molecule has 0 unspecified atom stereocenters. The molecular formula is C17H15BrOS. The first-order valence-electron chi connectivity index (χ1n) is 6.73. The number of aryl methyl sites for hydroxylation is 2. The van der Waals surface area contributed by atoms with Crippen molar-refractivity contribution in [3.8, 4) is 0 Å². The van der Waals surface area contributed by atoms with Gasteiger partial charge >= 0.3 is 0 Å². The Labute approximate surface area is 131 Å². The fourth-order valence-electron chi connectivity index (χ4n) is 2.60. The summed E-state index contributed by atoms with van der Waals surface area (Å²) >= 11 is 5.10.